The molecule has 1 aromatic rings. The van der Waals surface area contributed by atoms with E-state index >= 15 is 0 Å². The molecule has 16 heavy (non-hydrogen) atoms. The van der Waals surface area contributed by atoms with E-state index in [0.29, 0.717) is 0 Å². The van der Waals surface area contributed by atoms with Gasteiger partial charge in [-0.25, -0.2) is 4.99 Å². The van der Waals surface area contributed by atoms with Crippen LogP contribution in [0.5, 0.6) is 0 Å². The summed E-state index contributed by atoms with van der Waals surface area (Å²) in [5.41, 5.74) is 0. The topological polar surface area (TPSA) is 27.6 Å². The molecule has 0 saturated heterocycles. The Morgan fingerprint density at radius 1 is 1.62 bits per heavy atom. The predicted octanol–water partition coefficient (Wildman–Crippen LogP) is -0.819. The molecule has 0 radical (unpaired) electrons. The van der Waals surface area contributed by atoms with Gasteiger partial charge in [-0.3, -0.25) is 4.90 Å². The monoisotopic (exact) mass is 368 g/mol. The van der Waals surface area contributed by atoms with Gasteiger partial charge in [0.05, 0.1) is 13.3 Å². The fourth-order valence-electron chi connectivity index (χ4n) is 1.41. The van der Waals surface area contributed by atoms with E-state index in [4.69, 9.17) is 0 Å². The molecule has 3 nitrogen and oxygen atoms in total. The number of thiophene rings is 1. The van der Waals surface area contributed by atoms with Gasteiger partial charge in [-0.2, -0.15) is 0 Å². The van der Waals surface area contributed by atoms with Crippen molar-refractivity contribution in [1.82, 2.24) is 10.2 Å². The summed E-state index contributed by atoms with van der Waals surface area (Å²) >= 11 is 3.58. The molecule has 0 saturated carbocycles. The van der Waals surface area contributed by atoms with Crippen LogP contribution < -0.4 is 29.3 Å². The Labute approximate surface area is 122 Å². The molecule has 1 N–H and O–H groups in total. The van der Waals surface area contributed by atoms with E-state index in [2.05, 4.69) is 39.6 Å². The van der Waals surface area contributed by atoms with Gasteiger partial charge in [0, 0.05) is 11.4 Å². The molecule has 0 amide bonds. The average molecular weight is 368 g/mol. The Morgan fingerprint density at radius 3 is 3.06 bits per heavy atom. The standard InChI is InChI=1S/C10H15N3S2.HI/c1-2-14-10-11-7-13(8-12-10)6-9-4-3-5-15-9;/h3-5H,2,6-8H2,1H3,(H,11,12);1H/p-1. The van der Waals surface area contributed by atoms with Crippen LogP contribution in [-0.2, 0) is 6.54 Å². The smallest absolute Gasteiger partial charge is 0.158 e. The number of rotatable bonds is 3. The Hall–Kier alpha value is 0.210. The van der Waals surface area contributed by atoms with Crippen molar-refractivity contribution in [3.8, 4) is 0 Å². The zero-order valence-electron chi connectivity index (χ0n) is 9.15. The summed E-state index contributed by atoms with van der Waals surface area (Å²) in [5, 5.41) is 6.53. The van der Waals surface area contributed by atoms with Gasteiger partial charge in [0.1, 0.15) is 0 Å². The summed E-state index contributed by atoms with van der Waals surface area (Å²) in [7, 11) is 0. The molecule has 0 fully saturated rings. The van der Waals surface area contributed by atoms with Crippen LogP contribution in [0.15, 0.2) is 22.5 Å². The van der Waals surface area contributed by atoms with E-state index in [1.165, 1.54) is 4.88 Å². The van der Waals surface area contributed by atoms with Crippen LogP contribution in [0.4, 0.5) is 0 Å². The SMILES string of the molecule is CCSC1=NCN(Cc2cccs2)CN1.[I-]. The first kappa shape index (κ1) is 14.3. The first-order valence-corrected chi connectivity index (χ1v) is 6.91. The Morgan fingerprint density at radius 2 is 2.50 bits per heavy atom. The van der Waals surface area contributed by atoms with Crippen LogP contribution in [0.1, 0.15) is 11.8 Å². The van der Waals surface area contributed by atoms with Crippen LogP contribution in [0.2, 0.25) is 0 Å². The number of nitrogens with one attached hydrogen (secondary N) is 1. The third-order valence-electron chi connectivity index (χ3n) is 2.11. The number of hydrogen-bond acceptors (Lipinski definition) is 5. The Kier molecular flexibility index (Phi) is 6.71. The summed E-state index contributed by atoms with van der Waals surface area (Å²) in [5.74, 6) is 1.08. The molecule has 0 bridgehead atoms. The Bertz CT molecular complexity index is 327. The van der Waals surface area contributed by atoms with Crippen LogP contribution in [-0.4, -0.2) is 29.2 Å². The summed E-state index contributed by atoms with van der Waals surface area (Å²) in [6, 6.07) is 4.27. The molecule has 0 aromatic carbocycles. The van der Waals surface area contributed by atoms with Gasteiger partial charge in [0.25, 0.3) is 0 Å². The minimum atomic E-state index is 0. The number of aliphatic imine (C=N–C) groups is 1. The van der Waals surface area contributed by atoms with E-state index in [1.807, 2.05) is 0 Å². The van der Waals surface area contributed by atoms with Gasteiger partial charge in [-0.05, 0) is 17.2 Å². The minimum Gasteiger partial charge on any atom is -1.00 e. The van der Waals surface area contributed by atoms with E-state index in [0.717, 1.165) is 30.8 Å². The molecular formula is C10H15IN3S2-. The predicted molar refractivity (Wildman–Crippen MR) is 68.3 cm³/mol. The van der Waals surface area contributed by atoms with Crippen molar-refractivity contribution >= 4 is 28.3 Å². The van der Waals surface area contributed by atoms with E-state index in [9.17, 15) is 0 Å². The second kappa shape index (κ2) is 7.52. The average Bonchev–Trinajstić information content (AvgIpc) is 2.74. The highest BCUT2D eigenvalue weighted by atomic mass is 127. The highest BCUT2D eigenvalue weighted by Crippen LogP contribution is 2.13. The molecule has 2 heterocycles. The van der Waals surface area contributed by atoms with Crippen molar-refractivity contribution in [2.75, 3.05) is 19.1 Å². The lowest BCUT2D eigenvalue weighted by Gasteiger charge is -2.25. The largest absolute Gasteiger partial charge is 1.00 e. The van der Waals surface area contributed by atoms with Crippen LogP contribution in [0.3, 0.4) is 0 Å². The molecule has 1 aromatic heterocycles. The number of hydrogen-bond donors (Lipinski definition) is 1. The van der Waals surface area contributed by atoms with E-state index in [-0.39, 0.29) is 24.0 Å². The quantitative estimate of drug-likeness (QED) is 0.707. The maximum Gasteiger partial charge on any atom is 0.158 e. The van der Waals surface area contributed by atoms with Gasteiger partial charge < -0.3 is 29.3 Å². The zero-order chi connectivity index (χ0) is 10.5. The molecule has 1 aliphatic rings. The molecule has 6 heteroatoms. The molecule has 0 aliphatic carbocycles. The normalized spacial score (nSPS) is 16.2. The number of halogens is 1. The third kappa shape index (κ3) is 4.23. The molecule has 90 valence electrons. The highest BCUT2D eigenvalue weighted by Gasteiger charge is 2.12. The van der Waals surface area contributed by atoms with Crippen LogP contribution in [0.25, 0.3) is 0 Å². The van der Waals surface area contributed by atoms with Crippen LogP contribution in [0, 0.1) is 0 Å². The maximum absolute atomic E-state index is 4.48. The second-order valence-corrected chi connectivity index (χ2v) is 5.57. The minimum absolute atomic E-state index is 0. The summed E-state index contributed by atoms with van der Waals surface area (Å²) < 4.78 is 0. The summed E-state index contributed by atoms with van der Waals surface area (Å²) in [6.45, 7) is 4.86. The van der Waals surface area contributed by atoms with Gasteiger partial charge in [0.2, 0.25) is 0 Å². The first-order valence-electron chi connectivity index (χ1n) is 5.04. The van der Waals surface area contributed by atoms with Crippen molar-refractivity contribution < 1.29 is 24.0 Å². The fourth-order valence-corrected chi connectivity index (χ4v) is 2.75. The zero-order valence-corrected chi connectivity index (χ0v) is 12.9. The van der Waals surface area contributed by atoms with Gasteiger partial charge in [-0.15, -0.1) is 11.3 Å². The first-order chi connectivity index (χ1) is 7.38. The molecule has 0 atom stereocenters. The fraction of sp³-hybridized carbons (Fsp3) is 0.500. The van der Waals surface area contributed by atoms with Gasteiger partial charge in [0.15, 0.2) is 5.17 Å². The Balaban J connectivity index is 0.00000128. The molecular weight excluding hydrogens is 353 g/mol. The number of nitrogens with zero attached hydrogens (tertiary/aromatic N) is 2. The lowest BCUT2D eigenvalue weighted by molar-refractivity contribution is -0.00000304. The molecule has 0 unspecified atom stereocenters. The van der Waals surface area contributed by atoms with E-state index in [1.54, 1.807) is 23.1 Å². The molecule has 2 rings (SSSR count). The molecule has 1 aliphatic heterocycles. The number of thioether (sulfide) groups is 1. The van der Waals surface area contributed by atoms with E-state index < -0.39 is 0 Å². The van der Waals surface area contributed by atoms with Crippen molar-refractivity contribution in [3.05, 3.63) is 22.4 Å². The number of amidine groups is 1. The van der Waals surface area contributed by atoms with Crippen molar-refractivity contribution in [2.24, 2.45) is 4.99 Å². The second-order valence-electron chi connectivity index (χ2n) is 3.28. The molecule has 0 spiro atoms. The highest BCUT2D eigenvalue weighted by molar-refractivity contribution is 8.13. The van der Waals surface area contributed by atoms with Crippen molar-refractivity contribution in [1.29, 1.82) is 0 Å². The maximum atomic E-state index is 4.48. The lowest BCUT2D eigenvalue weighted by Crippen LogP contribution is -3.00. The van der Waals surface area contributed by atoms with Crippen LogP contribution >= 0.6 is 23.1 Å². The van der Waals surface area contributed by atoms with Gasteiger partial charge >= 0.3 is 0 Å². The summed E-state index contributed by atoms with van der Waals surface area (Å²) in [4.78, 5) is 8.18. The lowest BCUT2D eigenvalue weighted by atomic mass is 10.4. The summed E-state index contributed by atoms with van der Waals surface area (Å²) in [6.07, 6.45) is 0. The van der Waals surface area contributed by atoms with Crippen molar-refractivity contribution in [2.45, 2.75) is 13.5 Å². The van der Waals surface area contributed by atoms with Crippen molar-refractivity contribution in [3.63, 3.8) is 0 Å². The van der Waals surface area contributed by atoms with Gasteiger partial charge in [-0.1, -0.05) is 24.8 Å². The third-order valence-corrected chi connectivity index (χ3v) is 3.81.